The van der Waals surface area contributed by atoms with Crippen LogP contribution in [0.2, 0.25) is 0 Å². The molecule has 0 bridgehead atoms. The minimum Gasteiger partial charge on any atom is -0.497 e. The van der Waals surface area contributed by atoms with Crippen LogP contribution in [0.1, 0.15) is 68.7 Å². The first kappa shape index (κ1) is 37.3. The fraction of sp³-hybridized carbons (Fsp3) is 0.400. The van der Waals surface area contributed by atoms with Gasteiger partial charge in [0.1, 0.15) is 5.75 Å². The predicted octanol–water partition coefficient (Wildman–Crippen LogP) is 6.99. The second kappa shape index (κ2) is 15.4. The van der Waals surface area contributed by atoms with Crippen molar-refractivity contribution in [3.8, 4) is 5.75 Å². The molecule has 2 saturated heterocycles. The number of aliphatic hydroxyl groups excluding tert-OH is 1. The second-order valence-corrected chi connectivity index (χ2v) is 15.5. The molecule has 3 aliphatic heterocycles. The Morgan fingerprint density at radius 2 is 1.63 bits per heavy atom. The first-order valence-corrected chi connectivity index (χ1v) is 19.1. The summed E-state index contributed by atoms with van der Waals surface area (Å²) in [5.74, 6) is 0.0422. The number of rotatable bonds is 12. The third-order valence-electron chi connectivity index (χ3n) is 12.0. The summed E-state index contributed by atoms with van der Waals surface area (Å²) in [5, 5.41) is 9.99. The van der Waals surface area contributed by atoms with Crippen LogP contribution in [0.3, 0.4) is 0 Å². The van der Waals surface area contributed by atoms with Gasteiger partial charge in [-0.3, -0.25) is 14.4 Å². The van der Waals surface area contributed by atoms with Crippen molar-refractivity contribution in [1.82, 2.24) is 4.90 Å². The molecule has 2 fully saturated rings. The quantitative estimate of drug-likeness (QED) is 0.169. The van der Waals surface area contributed by atoms with E-state index in [-0.39, 0.29) is 49.1 Å². The van der Waals surface area contributed by atoms with Crippen molar-refractivity contribution in [2.75, 3.05) is 36.6 Å². The number of ether oxygens (including phenoxy) is 2. The minimum absolute atomic E-state index is 0.0509. The third-order valence-corrected chi connectivity index (χ3v) is 12.0. The molecule has 0 unspecified atom stereocenters. The first-order valence-electron chi connectivity index (χ1n) is 19.1. The van der Waals surface area contributed by atoms with Gasteiger partial charge >= 0.3 is 0 Å². The molecule has 9 nitrogen and oxygen atoms in total. The summed E-state index contributed by atoms with van der Waals surface area (Å²) in [7, 11) is 1.64. The van der Waals surface area contributed by atoms with Gasteiger partial charge in [-0.25, -0.2) is 0 Å². The standard InChI is InChI=1S/C45H51N3O6/c1-31-42(44(2,3)34-19-23-36(53-4)24-20-34)39(28-41(51)46(26-27-49)29-32-12-6-5-7-13-32)54-45(31)37-14-8-9-15-38(37)48(43(45)52)30-33-17-21-35(22-18-33)47-25-11-10-16-40(47)50/h5-9,12-15,17-24,31,39,42,49H,10-11,16,25-30H2,1-4H3/t31-,39+,42-,45+/m0/s1. The zero-order chi connectivity index (χ0) is 38.0. The number of anilines is 2. The highest BCUT2D eigenvalue weighted by atomic mass is 16.5. The fourth-order valence-electron chi connectivity index (χ4n) is 9.19. The van der Waals surface area contributed by atoms with E-state index in [1.807, 2.05) is 101 Å². The molecule has 1 spiro atoms. The van der Waals surface area contributed by atoms with Crippen molar-refractivity contribution in [1.29, 1.82) is 0 Å². The molecule has 0 aliphatic carbocycles. The summed E-state index contributed by atoms with van der Waals surface area (Å²) in [6, 6.07) is 33.6. The van der Waals surface area contributed by atoms with Crippen LogP contribution >= 0.6 is 0 Å². The van der Waals surface area contributed by atoms with Gasteiger partial charge in [-0.15, -0.1) is 0 Å². The largest absolute Gasteiger partial charge is 0.497 e. The lowest BCUT2D eigenvalue weighted by atomic mass is 9.63. The second-order valence-electron chi connectivity index (χ2n) is 15.5. The summed E-state index contributed by atoms with van der Waals surface area (Å²) in [6.07, 6.45) is 1.92. The Bertz CT molecular complexity index is 1960. The number of carbonyl (C=O) groups is 3. The Morgan fingerprint density at radius 3 is 2.31 bits per heavy atom. The Labute approximate surface area is 318 Å². The molecule has 3 aliphatic rings. The van der Waals surface area contributed by atoms with E-state index < -0.39 is 17.1 Å². The van der Waals surface area contributed by atoms with Gasteiger partial charge in [-0.2, -0.15) is 0 Å². The van der Waals surface area contributed by atoms with Gasteiger partial charge in [0.05, 0.1) is 38.5 Å². The number of hydrogen-bond donors (Lipinski definition) is 1. The molecule has 0 aromatic heterocycles. The molecular weight excluding hydrogens is 679 g/mol. The number of carbonyl (C=O) groups excluding carboxylic acids is 3. The molecule has 0 radical (unpaired) electrons. The Hall–Kier alpha value is -4.99. The molecular formula is C45H51N3O6. The number of amides is 3. The molecule has 4 atom stereocenters. The normalized spacial score (nSPS) is 22.5. The van der Waals surface area contributed by atoms with Gasteiger partial charge < -0.3 is 29.3 Å². The summed E-state index contributed by atoms with van der Waals surface area (Å²) >= 11 is 0. The fourth-order valence-corrected chi connectivity index (χ4v) is 9.19. The highest BCUT2D eigenvalue weighted by Gasteiger charge is 2.66. The van der Waals surface area contributed by atoms with Gasteiger partial charge in [-0.05, 0) is 65.3 Å². The molecule has 0 saturated carbocycles. The molecule has 4 aromatic rings. The predicted molar refractivity (Wildman–Crippen MR) is 209 cm³/mol. The number of methoxy groups -OCH3 is 1. The lowest BCUT2D eigenvalue weighted by Gasteiger charge is -2.39. The lowest BCUT2D eigenvalue weighted by molar-refractivity contribution is -0.150. The molecule has 282 valence electrons. The van der Waals surface area contributed by atoms with Crippen LogP contribution in [-0.2, 0) is 43.2 Å². The van der Waals surface area contributed by atoms with E-state index in [1.165, 1.54) is 0 Å². The Kier molecular flexibility index (Phi) is 10.6. The maximum atomic E-state index is 15.2. The van der Waals surface area contributed by atoms with Crippen molar-refractivity contribution in [2.24, 2.45) is 11.8 Å². The highest BCUT2D eigenvalue weighted by Crippen LogP contribution is 2.60. The Morgan fingerprint density at radius 1 is 0.926 bits per heavy atom. The van der Waals surface area contributed by atoms with E-state index in [1.54, 1.807) is 12.0 Å². The summed E-state index contributed by atoms with van der Waals surface area (Å²) in [6.45, 7) is 7.87. The number of para-hydroxylation sites is 1. The van der Waals surface area contributed by atoms with Crippen molar-refractivity contribution in [3.63, 3.8) is 0 Å². The smallest absolute Gasteiger partial charge is 0.264 e. The zero-order valence-electron chi connectivity index (χ0n) is 31.7. The van der Waals surface area contributed by atoms with Crippen molar-refractivity contribution >= 4 is 29.1 Å². The molecule has 54 heavy (non-hydrogen) atoms. The summed E-state index contributed by atoms with van der Waals surface area (Å²) in [5.41, 5.74) is 3.60. The lowest BCUT2D eigenvalue weighted by Crippen LogP contribution is -2.45. The number of fused-ring (bicyclic) bond motifs is 2. The van der Waals surface area contributed by atoms with Crippen LogP contribution in [0.25, 0.3) is 0 Å². The molecule has 7 rings (SSSR count). The SMILES string of the molecule is COc1ccc(C(C)(C)[C@@H]2[C@@H](CC(=O)N(CCO)Cc3ccccc3)O[C@]3(C(=O)N(Cc4ccc(N5CCCCC5=O)cc4)c4ccccc43)[C@H]2C)cc1. The van der Waals surface area contributed by atoms with Crippen molar-refractivity contribution in [2.45, 2.75) is 76.7 Å². The van der Waals surface area contributed by atoms with Crippen molar-refractivity contribution in [3.05, 3.63) is 125 Å². The van der Waals surface area contributed by atoms with Crippen LogP contribution in [0, 0.1) is 11.8 Å². The van der Waals surface area contributed by atoms with E-state index in [9.17, 15) is 14.7 Å². The number of benzene rings is 4. The topological polar surface area (TPSA) is 99.6 Å². The molecule has 4 aromatic carbocycles. The molecule has 3 heterocycles. The van der Waals surface area contributed by atoms with Gasteiger partial charge in [-0.1, -0.05) is 93.6 Å². The van der Waals surface area contributed by atoms with E-state index in [2.05, 4.69) is 32.9 Å². The first-order chi connectivity index (χ1) is 26.1. The van der Waals surface area contributed by atoms with Crippen LogP contribution in [0.15, 0.2) is 103 Å². The van der Waals surface area contributed by atoms with Gasteiger partial charge in [0, 0.05) is 49.1 Å². The maximum Gasteiger partial charge on any atom is 0.264 e. The average molecular weight is 730 g/mol. The van der Waals surface area contributed by atoms with Gasteiger partial charge in [0.2, 0.25) is 11.8 Å². The number of hydrogen-bond acceptors (Lipinski definition) is 6. The number of piperidine rings is 1. The van der Waals surface area contributed by atoms with Crippen LogP contribution in [0.4, 0.5) is 11.4 Å². The number of nitrogens with zero attached hydrogens (tertiary/aromatic N) is 3. The van der Waals surface area contributed by atoms with Crippen LogP contribution in [0.5, 0.6) is 5.75 Å². The summed E-state index contributed by atoms with van der Waals surface area (Å²) < 4.78 is 12.7. The van der Waals surface area contributed by atoms with Crippen molar-refractivity contribution < 1.29 is 29.0 Å². The van der Waals surface area contributed by atoms with E-state index >= 15 is 4.79 Å². The van der Waals surface area contributed by atoms with E-state index in [0.717, 1.165) is 58.8 Å². The third kappa shape index (κ3) is 6.80. The monoisotopic (exact) mass is 729 g/mol. The zero-order valence-corrected chi connectivity index (χ0v) is 31.7. The highest BCUT2D eigenvalue weighted by molar-refractivity contribution is 6.07. The molecule has 1 N–H and O–H groups in total. The van der Waals surface area contributed by atoms with Gasteiger partial charge in [0.15, 0.2) is 5.60 Å². The average Bonchev–Trinajstić information content (AvgIpc) is 3.61. The summed E-state index contributed by atoms with van der Waals surface area (Å²) in [4.78, 5) is 47.4. The van der Waals surface area contributed by atoms with E-state index in [0.29, 0.717) is 19.5 Å². The molecule has 3 amide bonds. The minimum atomic E-state index is -1.32. The Balaban J connectivity index is 1.23. The van der Waals surface area contributed by atoms with Gasteiger partial charge in [0.25, 0.3) is 5.91 Å². The van der Waals surface area contributed by atoms with Crippen LogP contribution < -0.4 is 14.5 Å². The molecule has 9 heteroatoms. The number of aliphatic hydroxyl groups is 1. The van der Waals surface area contributed by atoms with Crippen LogP contribution in [-0.4, -0.2) is 60.6 Å². The van der Waals surface area contributed by atoms with E-state index in [4.69, 9.17) is 9.47 Å². The maximum absolute atomic E-state index is 15.2.